The molecule has 0 fully saturated rings. The zero-order valence-electron chi connectivity index (χ0n) is 11.9. The fraction of sp³-hybridized carbons (Fsp3) is 0.0625. The number of nitrogens with zero attached hydrogens (tertiary/aromatic N) is 2. The van der Waals surface area contributed by atoms with Gasteiger partial charge in [0.1, 0.15) is 5.82 Å². The SMILES string of the molecule is O=C(Nc1nnc(SCc2ccccc2)s1)c1cccc(F)c1. The Balaban J connectivity index is 1.60. The fourth-order valence-corrected chi connectivity index (χ4v) is 3.54. The zero-order valence-corrected chi connectivity index (χ0v) is 13.5. The molecular formula is C16H12FN3OS2. The normalized spacial score (nSPS) is 10.5. The summed E-state index contributed by atoms with van der Waals surface area (Å²) in [6, 6.07) is 15.5. The van der Waals surface area contributed by atoms with Gasteiger partial charge in [0, 0.05) is 11.3 Å². The smallest absolute Gasteiger partial charge is 0.257 e. The van der Waals surface area contributed by atoms with Crippen molar-refractivity contribution in [2.45, 2.75) is 10.1 Å². The van der Waals surface area contributed by atoms with E-state index in [-0.39, 0.29) is 5.56 Å². The highest BCUT2D eigenvalue weighted by atomic mass is 32.2. The molecular weight excluding hydrogens is 333 g/mol. The lowest BCUT2D eigenvalue weighted by Gasteiger charge is -2.00. The number of benzene rings is 2. The molecule has 116 valence electrons. The quantitative estimate of drug-likeness (QED) is 0.556. The summed E-state index contributed by atoms with van der Waals surface area (Å²) in [5.74, 6) is -0.0675. The molecule has 1 amide bonds. The average molecular weight is 345 g/mol. The van der Waals surface area contributed by atoms with Gasteiger partial charge in [-0.1, -0.05) is 59.5 Å². The van der Waals surface area contributed by atoms with Crippen LogP contribution >= 0.6 is 23.1 Å². The second kappa shape index (κ2) is 7.34. The Hall–Kier alpha value is -2.25. The van der Waals surface area contributed by atoms with Crippen molar-refractivity contribution in [2.24, 2.45) is 0 Å². The number of nitrogens with one attached hydrogen (secondary N) is 1. The first-order valence-corrected chi connectivity index (χ1v) is 8.58. The zero-order chi connectivity index (χ0) is 16.1. The van der Waals surface area contributed by atoms with E-state index in [9.17, 15) is 9.18 Å². The standard InChI is InChI=1S/C16H12FN3OS2/c17-13-8-4-7-12(9-13)14(21)18-15-19-20-16(23-15)22-10-11-5-2-1-3-6-11/h1-9H,10H2,(H,18,19,21). The van der Waals surface area contributed by atoms with Crippen LogP contribution in [0.1, 0.15) is 15.9 Å². The maximum Gasteiger partial charge on any atom is 0.257 e. The van der Waals surface area contributed by atoms with Gasteiger partial charge in [0.15, 0.2) is 4.34 Å². The third-order valence-corrected chi connectivity index (χ3v) is 4.96. The van der Waals surface area contributed by atoms with Crippen LogP contribution in [0.25, 0.3) is 0 Å². The first kappa shape index (κ1) is 15.6. The van der Waals surface area contributed by atoms with Crippen molar-refractivity contribution >= 4 is 34.1 Å². The highest BCUT2D eigenvalue weighted by molar-refractivity contribution is 8.00. The molecule has 0 spiro atoms. The predicted molar refractivity (Wildman–Crippen MR) is 90.3 cm³/mol. The lowest BCUT2D eigenvalue weighted by atomic mass is 10.2. The van der Waals surface area contributed by atoms with Gasteiger partial charge in [0.25, 0.3) is 5.91 Å². The Bertz CT molecular complexity index is 808. The van der Waals surface area contributed by atoms with E-state index in [0.717, 1.165) is 10.1 Å². The summed E-state index contributed by atoms with van der Waals surface area (Å²) in [6.45, 7) is 0. The Morgan fingerprint density at radius 2 is 1.96 bits per heavy atom. The van der Waals surface area contributed by atoms with E-state index < -0.39 is 11.7 Å². The van der Waals surface area contributed by atoms with Crippen molar-refractivity contribution in [1.82, 2.24) is 10.2 Å². The summed E-state index contributed by atoms with van der Waals surface area (Å²) in [5, 5.41) is 11.0. The number of hydrogen-bond donors (Lipinski definition) is 1. The van der Waals surface area contributed by atoms with Crippen LogP contribution in [0.4, 0.5) is 9.52 Å². The van der Waals surface area contributed by atoms with Crippen molar-refractivity contribution in [3.63, 3.8) is 0 Å². The highest BCUT2D eigenvalue weighted by Gasteiger charge is 2.11. The minimum absolute atomic E-state index is 0.249. The molecule has 0 aliphatic heterocycles. The summed E-state index contributed by atoms with van der Waals surface area (Å²) in [6.07, 6.45) is 0. The number of halogens is 1. The van der Waals surface area contributed by atoms with Crippen molar-refractivity contribution in [3.05, 3.63) is 71.5 Å². The Kier molecular flexibility index (Phi) is 4.99. The van der Waals surface area contributed by atoms with Crippen LogP contribution in [0.15, 0.2) is 58.9 Å². The number of anilines is 1. The third kappa shape index (κ3) is 4.37. The number of hydrogen-bond acceptors (Lipinski definition) is 5. The van der Waals surface area contributed by atoms with E-state index >= 15 is 0 Å². The predicted octanol–water partition coefficient (Wildman–Crippen LogP) is 4.22. The first-order chi connectivity index (χ1) is 11.2. The second-order valence-corrected chi connectivity index (χ2v) is 6.81. The molecule has 3 aromatic rings. The van der Waals surface area contributed by atoms with Crippen molar-refractivity contribution in [1.29, 1.82) is 0 Å². The van der Waals surface area contributed by atoms with E-state index in [1.165, 1.54) is 35.1 Å². The third-order valence-electron chi connectivity index (χ3n) is 2.92. The molecule has 7 heteroatoms. The molecule has 0 unspecified atom stereocenters. The average Bonchev–Trinajstić information content (AvgIpc) is 3.01. The number of amides is 1. The van der Waals surface area contributed by atoms with Gasteiger partial charge >= 0.3 is 0 Å². The molecule has 1 aromatic heterocycles. The van der Waals surface area contributed by atoms with Gasteiger partial charge in [-0.15, -0.1) is 10.2 Å². The molecule has 0 aliphatic carbocycles. The van der Waals surface area contributed by atoms with Crippen molar-refractivity contribution in [3.8, 4) is 0 Å². The van der Waals surface area contributed by atoms with Crippen molar-refractivity contribution < 1.29 is 9.18 Å². The van der Waals surface area contributed by atoms with E-state index in [1.807, 2.05) is 30.3 Å². The van der Waals surface area contributed by atoms with Gasteiger partial charge in [-0.25, -0.2) is 4.39 Å². The maximum atomic E-state index is 13.1. The molecule has 0 aliphatic rings. The van der Waals surface area contributed by atoms with Gasteiger partial charge < -0.3 is 0 Å². The molecule has 2 aromatic carbocycles. The number of carbonyl (C=O) groups is 1. The van der Waals surface area contributed by atoms with E-state index in [4.69, 9.17) is 0 Å². The molecule has 1 N–H and O–H groups in total. The van der Waals surface area contributed by atoms with Crippen LogP contribution in [0.2, 0.25) is 0 Å². The molecule has 0 saturated carbocycles. The second-order valence-electron chi connectivity index (χ2n) is 4.61. The monoisotopic (exact) mass is 345 g/mol. The molecule has 3 rings (SSSR count). The lowest BCUT2D eigenvalue weighted by molar-refractivity contribution is 0.102. The molecule has 0 atom stereocenters. The van der Waals surface area contributed by atoms with E-state index in [1.54, 1.807) is 17.8 Å². The Morgan fingerprint density at radius 3 is 2.74 bits per heavy atom. The molecule has 23 heavy (non-hydrogen) atoms. The van der Waals surface area contributed by atoms with Crippen molar-refractivity contribution in [2.75, 3.05) is 5.32 Å². The van der Waals surface area contributed by atoms with E-state index in [2.05, 4.69) is 15.5 Å². The molecule has 4 nitrogen and oxygen atoms in total. The van der Waals surface area contributed by atoms with Crippen LogP contribution in [-0.4, -0.2) is 16.1 Å². The summed E-state index contributed by atoms with van der Waals surface area (Å²) < 4.78 is 13.9. The number of carbonyl (C=O) groups excluding carboxylic acids is 1. The van der Waals surface area contributed by atoms with Crippen LogP contribution in [0, 0.1) is 5.82 Å². The van der Waals surface area contributed by atoms with Gasteiger partial charge in [0.2, 0.25) is 5.13 Å². The highest BCUT2D eigenvalue weighted by Crippen LogP contribution is 2.28. The van der Waals surface area contributed by atoms with Crippen LogP contribution in [0.3, 0.4) is 0 Å². The Labute approximate surface area is 140 Å². The van der Waals surface area contributed by atoms with Gasteiger partial charge in [-0.3, -0.25) is 10.1 Å². The molecule has 0 radical (unpaired) electrons. The van der Waals surface area contributed by atoms with Gasteiger partial charge in [-0.05, 0) is 23.8 Å². The maximum absolute atomic E-state index is 13.1. The molecule has 0 saturated heterocycles. The van der Waals surface area contributed by atoms with Crippen LogP contribution in [0.5, 0.6) is 0 Å². The summed E-state index contributed by atoms with van der Waals surface area (Å²) in [4.78, 5) is 12.0. The molecule has 1 heterocycles. The minimum Gasteiger partial charge on any atom is -0.296 e. The summed E-state index contributed by atoms with van der Waals surface area (Å²) >= 11 is 2.85. The largest absolute Gasteiger partial charge is 0.296 e. The lowest BCUT2D eigenvalue weighted by Crippen LogP contribution is -2.11. The number of thioether (sulfide) groups is 1. The Morgan fingerprint density at radius 1 is 1.13 bits per heavy atom. The number of aromatic nitrogens is 2. The van der Waals surface area contributed by atoms with E-state index in [0.29, 0.717) is 5.13 Å². The number of rotatable bonds is 5. The van der Waals surface area contributed by atoms with Crippen LogP contribution < -0.4 is 5.32 Å². The first-order valence-electron chi connectivity index (χ1n) is 6.78. The topological polar surface area (TPSA) is 54.9 Å². The fourth-order valence-electron chi connectivity index (χ4n) is 1.84. The molecule has 0 bridgehead atoms. The minimum atomic E-state index is -0.450. The summed E-state index contributed by atoms with van der Waals surface area (Å²) in [5.41, 5.74) is 1.44. The summed E-state index contributed by atoms with van der Waals surface area (Å²) in [7, 11) is 0. The van der Waals surface area contributed by atoms with Crippen LogP contribution in [-0.2, 0) is 5.75 Å². The van der Waals surface area contributed by atoms with Gasteiger partial charge in [0.05, 0.1) is 0 Å². The van der Waals surface area contributed by atoms with Gasteiger partial charge in [-0.2, -0.15) is 0 Å².